The summed E-state index contributed by atoms with van der Waals surface area (Å²) in [6, 6.07) is 10.2. The molecular weight excluding hydrogens is 146 g/mol. The minimum atomic E-state index is 0.890. The van der Waals surface area contributed by atoms with E-state index in [-0.39, 0.29) is 0 Å². The van der Waals surface area contributed by atoms with Crippen molar-refractivity contribution in [1.29, 1.82) is 0 Å². The average Bonchev–Trinajstić information content (AvgIpc) is 2.15. The molecule has 0 N–H and O–H groups in total. The summed E-state index contributed by atoms with van der Waals surface area (Å²) in [6.07, 6.45) is 2.72. The number of benzene rings is 1. The molecule has 0 aliphatic carbocycles. The SMILES string of the molecule is [CH2]CCN(C=C)c1ccccc1. The number of para-hydroxylation sites is 1. The van der Waals surface area contributed by atoms with Gasteiger partial charge >= 0.3 is 0 Å². The molecule has 0 unspecified atom stereocenters. The molecule has 63 valence electrons. The van der Waals surface area contributed by atoms with Gasteiger partial charge in [0.05, 0.1) is 0 Å². The van der Waals surface area contributed by atoms with Gasteiger partial charge in [-0.25, -0.2) is 0 Å². The van der Waals surface area contributed by atoms with Crippen molar-refractivity contribution in [2.24, 2.45) is 0 Å². The first-order valence-corrected chi connectivity index (χ1v) is 4.12. The molecule has 0 heterocycles. The highest BCUT2D eigenvalue weighted by Gasteiger charge is 1.97. The Balaban J connectivity index is 2.73. The summed E-state index contributed by atoms with van der Waals surface area (Å²) in [5.74, 6) is 0. The summed E-state index contributed by atoms with van der Waals surface area (Å²) >= 11 is 0. The molecule has 0 aromatic heterocycles. The lowest BCUT2D eigenvalue weighted by Crippen LogP contribution is -2.15. The summed E-state index contributed by atoms with van der Waals surface area (Å²) in [5, 5.41) is 0. The summed E-state index contributed by atoms with van der Waals surface area (Å²) in [4.78, 5) is 2.09. The van der Waals surface area contributed by atoms with Gasteiger partial charge in [-0.3, -0.25) is 0 Å². The second-order valence-electron chi connectivity index (χ2n) is 2.57. The first-order chi connectivity index (χ1) is 5.88. The zero-order chi connectivity index (χ0) is 8.81. The maximum Gasteiger partial charge on any atom is 0.0405 e. The normalized spacial score (nSPS) is 9.42. The zero-order valence-corrected chi connectivity index (χ0v) is 7.24. The smallest absolute Gasteiger partial charge is 0.0405 e. The van der Waals surface area contributed by atoms with E-state index in [0.717, 1.165) is 13.0 Å². The van der Waals surface area contributed by atoms with Gasteiger partial charge in [0.1, 0.15) is 0 Å². The summed E-state index contributed by atoms with van der Waals surface area (Å²) in [7, 11) is 0. The van der Waals surface area contributed by atoms with Crippen LogP contribution in [0.15, 0.2) is 43.1 Å². The highest BCUT2D eigenvalue weighted by atomic mass is 15.1. The molecular formula is C11H14N. The van der Waals surface area contributed by atoms with E-state index in [1.54, 1.807) is 0 Å². The lowest BCUT2D eigenvalue weighted by Gasteiger charge is -2.18. The quantitative estimate of drug-likeness (QED) is 0.654. The second kappa shape index (κ2) is 4.60. The first-order valence-electron chi connectivity index (χ1n) is 4.12. The molecule has 12 heavy (non-hydrogen) atoms. The van der Waals surface area contributed by atoms with Crippen molar-refractivity contribution < 1.29 is 0 Å². The van der Waals surface area contributed by atoms with E-state index in [1.807, 2.05) is 24.4 Å². The van der Waals surface area contributed by atoms with Crippen LogP contribution in [0.25, 0.3) is 0 Å². The van der Waals surface area contributed by atoms with Crippen LogP contribution in [0, 0.1) is 6.92 Å². The van der Waals surface area contributed by atoms with Crippen LogP contribution in [0.2, 0.25) is 0 Å². The fourth-order valence-corrected chi connectivity index (χ4v) is 1.12. The van der Waals surface area contributed by atoms with E-state index >= 15 is 0 Å². The molecule has 1 radical (unpaired) electrons. The zero-order valence-electron chi connectivity index (χ0n) is 7.24. The van der Waals surface area contributed by atoms with Crippen molar-refractivity contribution in [3.63, 3.8) is 0 Å². The van der Waals surface area contributed by atoms with Gasteiger partial charge in [-0.05, 0) is 24.8 Å². The van der Waals surface area contributed by atoms with Crippen LogP contribution in [-0.4, -0.2) is 6.54 Å². The molecule has 0 atom stereocenters. The minimum Gasteiger partial charge on any atom is -0.349 e. The second-order valence-corrected chi connectivity index (χ2v) is 2.57. The Bertz CT molecular complexity index is 228. The molecule has 1 aromatic carbocycles. The third-order valence-electron chi connectivity index (χ3n) is 1.71. The van der Waals surface area contributed by atoms with E-state index in [2.05, 4.69) is 30.5 Å². The van der Waals surface area contributed by atoms with Crippen LogP contribution in [0.4, 0.5) is 5.69 Å². The van der Waals surface area contributed by atoms with Gasteiger partial charge in [0, 0.05) is 12.2 Å². The molecule has 0 aliphatic heterocycles. The Morgan fingerprint density at radius 1 is 1.25 bits per heavy atom. The largest absolute Gasteiger partial charge is 0.349 e. The highest BCUT2D eigenvalue weighted by molar-refractivity contribution is 5.48. The van der Waals surface area contributed by atoms with Gasteiger partial charge in [0.25, 0.3) is 0 Å². The summed E-state index contributed by atoms with van der Waals surface area (Å²) in [6.45, 7) is 8.49. The summed E-state index contributed by atoms with van der Waals surface area (Å²) in [5.41, 5.74) is 1.18. The van der Waals surface area contributed by atoms with E-state index < -0.39 is 0 Å². The van der Waals surface area contributed by atoms with Gasteiger partial charge in [-0.1, -0.05) is 31.7 Å². The Morgan fingerprint density at radius 3 is 2.42 bits per heavy atom. The van der Waals surface area contributed by atoms with Gasteiger partial charge in [-0.2, -0.15) is 0 Å². The fraction of sp³-hybridized carbons (Fsp3) is 0.182. The summed E-state index contributed by atoms with van der Waals surface area (Å²) < 4.78 is 0. The number of anilines is 1. The van der Waals surface area contributed by atoms with Crippen LogP contribution >= 0.6 is 0 Å². The van der Waals surface area contributed by atoms with Crippen molar-refractivity contribution in [3.8, 4) is 0 Å². The number of hydrogen-bond donors (Lipinski definition) is 0. The fourth-order valence-electron chi connectivity index (χ4n) is 1.12. The molecule has 1 aromatic rings. The van der Waals surface area contributed by atoms with Crippen LogP contribution < -0.4 is 4.90 Å². The molecule has 0 fully saturated rings. The number of hydrogen-bond acceptors (Lipinski definition) is 1. The lowest BCUT2D eigenvalue weighted by atomic mass is 10.3. The Labute approximate surface area is 74.3 Å². The predicted molar refractivity (Wildman–Crippen MR) is 54.0 cm³/mol. The lowest BCUT2D eigenvalue weighted by molar-refractivity contribution is 0.934. The molecule has 1 nitrogen and oxygen atoms in total. The Kier molecular flexibility index (Phi) is 3.39. The van der Waals surface area contributed by atoms with Gasteiger partial charge in [0.15, 0.2) is 0 Å². The van der Waals surface area contributed by atoms with Crippen molar-refractivity contribution in [2.45, 2.75) is 6.42 Å². The van der Waals surface area contributed by atoms with Gasteiger partial charge in [-0.15, -0.1) is 0 Å². The van der Waals surface area contributed by atoms with Gasteiger partial charge in [0.2, 0.25) is 0 Å². The Hall–Kier alpha value is -1.24. The van der Waals surface area contributed by atoms with Crippen LogP contribution in [0.5, 0.6) is 0 Å². The van der Waals surface area contributed by atoms with Crippen molar-refractivity contribution in [1.82, 2.24) is 0 Å². The molecule has 0 amide bonds. The van der Waals surface area contributed by atoms with Crippen molar-refractivity contribution in [2.75, 3.05) is 11.4 Å². The minimum absolute atomic E-state index is 0.890. The van der Waals surface area contributed by atoms with Crippen LogP contribution in [0.1, 0.15) is 6.42 Å². The van der Waals surface area contributed by atoms with Crippen LogP contribution in [-0.2, 0) is 0 Å². The molecule has 0 saturated carbocycles. The molecule has 0 saturated heterocycles. The molecule has 1 heteroatoms. The maximum atomic E-state index is 3.81. The van der Waals surface area contributed by atoms with E-state index in [0.29, 0.717) is 0 Å². The predicted octanol–water partition coefficient (Wildman–Crippen LogP) is 2.86. The third kappa shape index (κ3) is 2.12. The van der Waals surface area contributed by atoms with Crippen LogP contribution in [0.3, 0.4) is 0 Å². The van der Waals surface area contributed by atoms with Crippen molar-refractivity contribution >= 4 is 5.69 Å². The standard InChI is InChI=1S/C11H14N/c1-3-10-12(4-2)11-8-6-5-7-9-11/h4-9H,1-3,10H2. The first kappa shape index (κ1) is 8.85. The van der Waals surface area contributed by atoms with E-state index in [4.69, 9.17) is 0 Å². The van der Waals surface area contributed by atoms with E-state index in [9.17, 15) is 0 Å². The maximum absolute atomic E-state index is 3.81. The molecule has 0 aliphatic rings. The number of nitrogens with zero attached hydrogens (tertiary/aromatic N) is 1. The average molecular weight is 160 g/mol. The molecule has 0 spiro atoms. The molecule has 0 bridgehead atoms. The highest BCUT2D eigenvalue weighted by Crippen LogP contribution is 2.12. The van der Waals surface area contributed by atoms with E-state index in [1.165, 1.54) is 5.69 Å². The monoisotopic (exact) mass is 160 g/mol. The topological polar surface area (TPSA) is 3.24 Å². The van der Waals surface area contributed by atoms with Gasteiger partial charge < -0.3 is 4.90 Å². The molecule has 1 rings (SSSR count). The third-order valence-corrected chi connectivity index (χ3v) is 1.71. The number of rotatable bonds is 4. The Morgan fingerprint density at radius 2 is 1.92 bits per heavy atom. The van der Waals surface area contributed by atoms with Crippen molar-refractivity contribution in [3.05, 3.63) is 50.0 Å².